The van der Waals surface area contributed by atoms with Crippen LogP contribution in [-0.2, 0) is 14.8 Å². The van der Waals surface area contributed by atoms with E-state index in [1.54, 1.807) is 12.1 Å². The summed E-state index contributed by atoms with van der Waals surface area (Å²) in [4.78, 5) is 10.7. The maximum absolute atomic E-state index is 12.7. The molecule has 3 rings (SSSR count). The number of hydrogen-bond donors (Lipinski definition) is 1. The molecular weight excluding hydrogens is 382 g/mol. The van der Waals surface area contributed by atoms with Crippen LogP contribution in [0.5, 0.6) is 0 Å². The number of rotatable bonds is 5. The van der Waals surface area contributed by atoms with Gasteiger partial charge in [-0.15, -0.1) is 0 Å². The van der Waals surface area contributed by atoms with Crippen LogP contribution in [0.1, 0.15) is 0 Å². The minimum atomic E-state index is -3.65. The van der Waals surface area contributed by atoms with Crippen LogP contribution in [0.15, 0.2) is 47.4 Å². The highest BCUT2D eigenvalue weighted by Gasteiger charge is 2.26. The second-order valence-electron chi connectivity index (χ2n) is 5.59. The fourth-order valence-corrected chi connectivity index (χ4v) is 4.21. The number of nitrogens with one attached hydrogen (secondary N) is 1. The molecule has 0 bridgehead atoms. The highest BCUT2D eigenvalue weighted by atomic mass is 35.5. The second-order valence-corrected chi connectivity index (χ2v) is 7.96. The molecule has 10 heteroatoms. The highest BCUT2D eigenvalue weighted by Crippen LogP contribution is 2.31. The van der Waals surface area contributed by atoms with Gasteiger partial charge in [-0.1, -0.05) is 17.7 Å². The van der Waals surface area contributed by atoms with Crippen molar-refractivity contribution in [2.24, 2.45) is 0 Å². The Bertz CT molecular complexity index is 929. The van der Waals surface area contributed by atoms with Crippen LogP contribution in [0.25, 0.3) is 0 Å². The molecule has 1 saturated heterocycles. The van der Waals surface area contributed by atoms with Gasteiger partial charge in [0.05, 0.1) is 23.0 Å². The summed E-state index contributed by atoms with van der Waals surface area (Å²) in [6.07, 6.45) is 0. The summed E-state index contributed by atoms with van der Waals surface area (Å²) in [6, 6.07) is 10.4. The molecule has 1 aliphatic heterocycles. The lowest BCUT2D eigenvalue weighted by Crippen LogP contribution is -2.40. The third kappa shape index (κ3) is 3.96. The summed E-state index contributed by atoms with van der Waals surface area (Å²) in [5.74, 6) is 0. The van der Waals surface area contributed by atoms with E-state index in [1.165, 1.54) is 34.6 Å². The molecule has 26 heavy (non-hydrogen) atoms. The minimum absolute atomic E-state index is 0.112. The zero-order valence-electron chi connectivity index (χ0n) is 13.6. The number of sulfonamides is 1. The SMILES string of the molecule is O=[N+]([O-])c1cc(Cl)ccc1Nc1cccc(S(=O)(=O)N2CCOCC2)c1. The number of benzene rings is 2. The van der Waals surface area contributed by atoms with Gasteiger partial charge < -0.3 is 10.1 Å². The van der Waals surface area contributed by atoms with Gasteiger partial charge in [0.25, 0.3) is 5.69 Å². The molecule has 2 aromatic rings. The van der Waals surface area contributed by atoms with E-state index in [1.807, 2.05) is 0 Å². The predicted octanol–water partition coefficient (Wildman–Crippen LogP) is 3.01. The molecule has 1 fully saturated rings. The normalized spacial score (nSPS) is 15.6. The number of halogens is 1. The van der Waals surface area contributed by atoms with Crippen molar-refractivity contribution in [3.8, 4) is 0 Å². The smallest absolute Gasteiger partial charge is 0.294 e. The van der Waals surface area contributed by atoms with Crippen molar-refractivity contribution in [1.82, 2.24) is 4.31 Å². The van der Waals surface area contributed by atoms with Crippen LogP contribution in [-0.4, -0.2) is 43.9 Å². The Morgan fingerprint density at radius 2 is 1.88 bits per heavy atom. The lowest BCUT2D eigenvalue weighted by atomic mass is 10.2. The first kappa shape index (κ1) is 18.6. The molecule has 1 N–H and O–H groups in total. The lowest BCUT2D eigenvalue weighted by molar-refractivity contribution is -0.383. The summed E-state index contributed by atoms with van der Waals surface area (Å²) in [7, 11) is -3.65. The first-order valence-electron chi connectivity index (χ1n) is 7.77. The summed E-state index contributed by atoms with van der Waals surface area (Å²) in [5, 5.41) is 14.3. The van der Waals surface area contributed by atoms with Gasteiger partial charge in [0.15, 0.2) is 0 Å². The van der Waals surface area contributed by atoms with Crippen molar-refractivity contribution in [2.75, 3.05) is 31.6 Å². The van der Waals surface area contributed by atoms with Crippen molar-refractivity contribution in [1.29, 1.82) is 0 Å². The second kappa shape index (κ2) is 7.58. The van der Waals surface area contributed by atoms with Crippen LogP contribution in [0.3, 0.4) is 0 Å². The molecule has 2 aromatic carbocycles. The van der Waals surface area contributed by atoms with Gasteiger partial charge in [0.2, 0.25) is 10.0 Å². The summed E-state index contributed by atoms with van der Waals surface area (Å²) in [6.45, 7) is 1.30. The maximum Gasteiger partial charge on any atom is 0.294 e. The summed E-state index contributed by atoms with van der Waals surface area (Å²) < 4.78 is 32.0. The van der Waals surface area contributed by atoms with Gasteiger partial charge in [0, 0.05) is 29.9 Å². The topological polar surface area (TPSA) is 102 Å². The van der Waals surface area contributed by atoms with Crippen molar-refractivity contribution in [3.05, 3.63) is 57.6 Å². The van der Waals surface area contributed by atoms with E-state index in [9.17, 15) is 18.5 Å². The number of ether oxygens (including phenoxy) is 1. The quantitative estimate of drug-likeness (QED) is 0.614. The van der Waals surface area contributed by atoms with Gasteiger partial charge >= 0.3 is 0 Å². The number of nitrogens with zero attached hydrogens (tertiary/aromatic N) is 2. The van der Waals surface area contributed by atoms with Gasteiger partial charge in [0.1, 0.15) is 5.69 Å². The molecule has 8 nitrogen and oxygen atoms in total. The van der Waals surface area contributed by atoms with E-state index in [2.05, 4.69) is 5.32 Å². The first-order chi connectivity index (χ1) is 12.4. The minimum Gasteiger partial charge on any atom is -0.379 e. The largest absolute Gasteiger partial charge is 0.379 e. The zero-order chi connectivity index (χ0) is 18.7. The number of nitro benzene ring substituents is 1. The van der Waals surface area contributed by atoms with Crippen molar-refractivity contribution in [3.63, 3.8) is 0 Å². The third-order valence-electron chi connectivity index (χ3n) is 3.88. The monoisotopic (exact) mass is 397 g/mol. The van der Waals surface area contributed by atoms with E-state index < -0.39 is 14.9 Å². The van der Waals surface area contributed by atoms with E-state index in [0.717, 1.165) is 0 Å². The van der Waals surface area contributed by atoms with Crippen LogP contribution in [0.2, 0.25) is 5.02 Å². The van der Waals surface area contributed by atoms with Crippen LogP contribution >= 0.6 is 11.6 Å². The molecule has 0 saturated carbocycles. The summed E-state index contributed by atoms with van der Waals surface area (Å²) >= 11 is 5.81. The zero-order valence-corrected chi connectivity index (χ0v) is 15.2. The summed E-state index contributed by atoms with van der Waals surface area (Å²) in [5.41, 5.74) is 0.448. The molecule has 0 unspecified atom stereocenters. The van der Waals surface area contributed by atoms with Gasteiger partial charge in [-0.3, -0.25) is 10.1 Å². The molecule has 0 spiro atoms. The molecule has 0 aromatic heterocycles. The van der Waals surface area contributed by atoms with Crippen LogP contribution in [0, 0.1) is 10.1 Å². The molecule has 0 atom stereocenters. The van der Waals surface area contributed by atoms with Crippen LogP contribution < -0.4 is 5.32 Å². The first-order valence-corrected chi connectivity index (χ1v) is 9.59. The Morgan fingerprint density at radius 3 is 2.58 bits per heavy atom. The predicted molar refractivity (Wildman–Crippen MR) is 97.4 cm³/mol. The fraction of sp³-hybridized carbons (Fsp3) is 0.250. The molecular formula is C16H16ClN3O5S. The Balaban J connectivity index is 1.90. The Hall–Kier alpha value is -2.20. The number of nitro groups is 1. The molecule has 138 valence electrons. The lowest BCUT2D eigenvalue weighted by Gasteiger charge is -2.26. The van der Waals surface area contributed by atoms with Crippen molar-refractivity contribution >= 4 is 38.7 Å². The number of hydrogen-bond acceptors (Lipinski definition) is 6. The van der Waals surface area contributed by atoms with Crippen molar-refractivity contribution in [2.45, 2.75) is 4.90 Å². The average molecular weight is 398 g/mol. The van der Waals surface area contributed by atoms with Gasteiger partial charge in [-0.05, 0) is 30.3 Å². The molecule has 0 aliphatic carbocycles. The van der Waals surface area contributed by atoms with E-state index in [-0.39, 0.29) is 21.3 Å². The molecule has 0 amide bonds. The van der Waals surface area contributed by atoms with Crippen LogP contribution in [0.4, 0.5) is 17.1 Å². The maximum atomic E-state index is 12.7. The highest BCUT2D eigenvalue weighted by molar-refractivity contribution is 7.89. The average Bonchev–Trinajstić information content (AvgIpc) is 2.64. The van der Waals surface area contributed by atoms with E-state index in [0.29, 0.717) is 32.0 Å². The molecule has 1 heterocycles. The van der Waals surface area contributed by atoms with E-state index >= 15 is 0 Å². The Labute approximate surface area is 155 Å². The van der Waals surface area contributed by atoms with Gasteiger partial charge in [-0.2, -0.15) is 4.31 Å². The van der Waals surface area contributed by atoms with Gasteiger partial charge in [-0.25, -0.2) is 8.42 Å². The van der Waals surface area contributed by atoms with Crippen molar-refractivity contribution < 1.29 is 18.1 Å². The standard InChI is InChI=1S/C16H16ClN3O5S/c17-12-4-5-15(16(10-12)20(21)22)18-13-2-1-3-14(11-13)26(23,24)19-6-8-25-9-7-19/h1-5,10-11,18H,6-9H2. The van der Waals surface area contributed by atoms with E-state index in [4.69, 9.17) is 16.3 Å². The number of anilines is 2. The Kier molecular flexibility index (Phi) is 5.42. The molecule has 1 aliphatic rings. The Morgan fingerprint density at radius 1 is 1.15 bits per heavy atom. The molecule has 0 radical (unpaired) electrons. The fourth-order valence-electron chi connectivity index (χ4n) is 2.59. The third-order valence-corrected chi connectivity index (χ3v) is 6.01. The number of morpholine rings is 1.